The highest BCUT2D eigenvalue weighted by Gasteiger charge is 2.36. The summed E-state index contributed by atoms with van der Waals surface area (Å²) in [4.78, 5) is 40.2. The summed E-state index contributed by atoms with van der Waals surface area (Å²) in [5, 5.41) is 20.7. The lowest BCUT2D eigenvalue weighted by Crippen LogP contribution is -2.23. The number of carbonyl (C=O) groups is 1. The number of hydrogen-bond acceptors (Lipinski definition) is 13. The van der Waals surface area contributed by atoms with Crippen LogP contribution in [0.3, 0.4) is 0 Å². The average molecular weight is 614 g/mol. The van der Waals surface area contributed by atoms with Crippen molar-refractivity contribution in [3.05, 3.63) is 64.4 Å². The van der Waals surface area contributed by atoms with Crippen LogP contribution in [0.2, 0.25) is 0 Å². The van der Waals surface area contributed by atoms with Crippen LogP contribution in [0, 0.1) is 10.1 Å². The lowest BCUT2D eigenvalue weighted by molar-refractivity contribution is -0.384. The topological polar surface area (TPSA) is 200 Å². The highest BCUT2D eigenvalue weighted by Crippen LogP contribution is 2.48. The number of nitro groups is 1. The van der Waals surface area contributed by atoms with E-state index in [0.717, 1.165) is 30.6 Å². The molecule has 1 fully saturated rings. The first-order chi connectivity index (χ1) is 21.6. The largest absolute Gasteiger partial charge is 0.513 e. The molecule has 0 saturated heterocycles. The molecule has 2 N–H and O–H groups in total. The summed E-state index contributed by atoms with van der Waals surface area (Å²) in [5.74, 6) is 1.90. The van der Waals surface area contributed by atoms with E-state index in [2.05, 4.69) is 25.1 Å². The highest BCUT2D eigenvalue weighted by molar-refractivity contribution is 6.00. The van der Waals surface area contributed by atoms with Gasteiger partial charge in [0.15, 0.2) is 17.2 Å². The van der Waals surface area contributed by atoms with Gasteiger partial charge in [0.25, 0.3) is 5.69 Å². The van der Waals surface area contributed by atoms with Gasteiger partial charge in [-0.15, -0.1) is 0 Å². The number of nitrogens with zero attached hydrogens (tertiary/aromatic N) is 8. The fourth-order valence-corrected chi connectivity index (χ4v) is 4.87. The first kappa shape index (κ1) is 29.6. The van der Waals surface area contributed by atoms with Crippen LogP contribution in [0.15, 0.2) is 47.5 Å². The number of nitrogen functional groups attached to an aromatic ring is 1. The Kier molecular flexibility index (Phi) is 7.83. The Hall–Kier alpha value is -5.47. The Bertz CT molecular complexity index is 1860. The van der Waals surface area contributed by atoms with Crippen LogP contribution in [0.5, 0.6) is 5.75 Å². The van der Waals surface area contributed by atoms with E-state index in [0.29, 0.717) is 52.5 Å². The van der Waals surface area contributed by atoms with E-state index >= 15 is 0 Å². The Morgan fingerprint density at radius 1 is 1.09 bits per heavy atom. The van der Waals surface area contributed by atoms with Crippen molar-refractivity contribution in [2.45, 2.75) is 64.3 Å². The molecule has 0 spiro atoms. The van der Waals surface area contributed by atoms with Crippen LogP contribution in [-0.2, 0) is 16.7 Å². The number of fused-ring (bicyclic) bond motifs is 1. The maximum atomic E-state index is 11.9. The second-order valence-corrected chi connectivity index (χ2v) is 11.8. The lowest BCUT2D eigenvalue weighted by atomic mass is 10.1. The van der Waals surface area contributed by atoms with Crippen molar-refractivity contribution in [3.8, 4) is 28.5 Å². The molecule has 0 bridgehead atoms. The molecule has 0 amide bonds. The Balaban J connectivity index is 1.12. The molecule has 0 aliphatic heterocycles. The number of anilines is 1. The molecule has 1 aliphatic rings. The van der Waals surface area contributed by atoms with E-state index in [1.54, 1.807) is 12.4 Å². The fraction of sp³-hybridized carbons (Fsp3) is 0.367. The minimum Gasteiger partial charge on any atom is -0.434 e. The van der Waals surface area contributed by atoms with E-state index < -0.39 is 11.1 Å². The number of carbonyl (C=O) groups excluding carboxylic acids is 1. The van der Waals surface area contributed by atoms with Gasteiger partial charge in [0.05, 0.1) is 28.0 Å². The van der Waals surface area contributed by atoms with Gasteiger partial charge in [0.1, 0.15) is 29.3 Å². The van der Waals surface area contributed by atoms with Crippen molar-refractivity contribution in [3.63, 3.8) is 0 Å². The van der Waals surface area contributed by atoms with Crippen molar-refractivity contribution in [1.29, 1.82) is 0 Å². The molecule has 45 heavy (non-hydrogen) atoms. The number of aryl methyl sites for hydroxylation is 1. The first-order valence-corrected chi connectivity index (χ1v) is 14.5. The van der Waals surface area contributed by atoms with E-state index in [1.807, 2.05) is 25.5 Å². The average Bonchev–Trinajstić information content (AvgIpc) is 3.62. The summed E-state index contributed by atoms with van der Waals surface area (Å²) in [6.45, 7) is 6.24. The number of unbranched alkanes of at least 4 members (excludes halogenated alkanes) is 1. The summed E-state index contributed by atoms with van der Waals surface area (Å²) in [6.07, 6.45) is 8.04. The quantitative estimate of drug-likeness (QED) is 0.0671. The zero-order valence-corrected chi connectivity index (χ0v) is 25.0. The Morgan fingerprint density at radius 2 is 1.82 bits per heavy atom. The van der Waals surface area contributed by atoms with Gasteiger partial charge in [-0.2, -0.15) is 5.10 Å². The van der Waals surface area contributed by atoms with Crippen LogP contribution in [0.1, 0.15) is 63.7 Å². The Labute approximate surface area is 256 Å². The van der Waals surface area contributed by atoms with Gasteiger partial charge in [0.2, 0.25) is 0 Å². The van der Waals surface area contributed by atoms with Gasteiger partial charge in [0, 0.05) is 30.4 Å². The molecule has 5 aromatic rings. The third kappa shape index (κ3) is 6.27. The number of non-ortho nitro benzene ring substituents is 1. The molecule has 232 valence electrons. The predicted octanol–water partition coefficient (Wildman–Crippen LogP) is 5.60. The second-order valence-electron chi connectivity index (χ2n) is 11.8. The van der Waals surface area contributed by atoms with Crippen molar-refractivity contribution < 1.29 is 23.7 Å². The number of rotatable bonds is 10. The van der Waals surface area contributed by atoms with Crippen molar-refractivity contribution >= 4 is 28.7 Å². The summed E-state index contributed by atoms with van der Waals surface area (Å²) in [7, 11) is 0. The molecular formula is C30H31N9O6. The molecule has 0 unspecified atom stereocenters. The third-order valence-electron chi connectivity index (χ3n) is 7.28. The van der Waals surface area contributed by atoms with Gasteiger partial charge in [-0.1, -0.05) is 5.16 Å². The fourth-order valence-electron chi connectivity index (χ4n) is 4.87. The molecule has 1 saturated carbocycles. The first-order valence-electron chi connectivity index (χ1n) is 14.5. The smallest absolute Gasteiger partial charge is 0.434 e. The number of aromatic nitrogens is 7. The molecule has 4 heterocycles. The highest BCUT2D eigenvalue weighted by atomic mass is 16.7. The van der Waals surface area contributed by atoms with E-state index in [9.17, 15) is 14.9 Å². The molecule has 0 radical (unpaired) electrons. The van der Waals surface area contributed by atoms with Crippen LogP contribution in [-0.4, -0.2) is 52.6 Å². The van der Waals surface area contributed by atoms with Gasteiger partial charge in [-0.25, -0.2) is 29.4 Å². The molecule has 4 aromatic heterocycles. The maximum absolute atomic E-state index is 11.9. The van der Waals surface area contributed by atoms with Crippen molar-refractivity contribution in [2.24, 2.45) is 0 Å². The maximum Gasteiger partial charge on any atom is 0.513 e. The van der Waals surface area contributed by atoms with Gasteiger partial charge in [-0.05, 0) is 70.6 Å². The molecule has 15 heteroatoms. The third-order valence-corrected chi connectivity index (χ3v) is 7.28. The molecule has 1 aromatic carbocycles. The van der Waals surface area contributed by atoms with Gasteiger partial charge >= 0.3 is 6.16 Å². The van der Waals surface area contributed by atoms with Crippen LogP contribution in [0.4, 0.5) is 16.3 Å². The van der Waals surface area contributed by atoms with Gasteiger partial charge < -0.3 is 19.7 Å². The summed E-state index contributed by atoms with van der Waals surface area (Å²) >= 11 is 0. The summed E-state index contributed by atoms with van der Waals surface area (Å²) < 4.78 is 17.8. The molecule has 6 rings (SSSR count). The molecule has 15 nitrogen and oxygen atoms in total. The minimum absolute atomic E-state index is 0.0975. The number of nitrogens with two attached hydrogens (primary N) is 1. The zero-order valence-electron chi connectivity index (χ0n) is 25.0. The molecular weight excluding hydrogens is 582 g/mol. The monoisotopic (exact) mass is 613 g/mol. The predicted molar refractivity (Wildman–Crippen MR) is 161 cm³/mol. The van der Waals surface area contributed by atoms with Crippen LogP contribution in [0.25, 0.3) is 33.8 Å². The number of nitro benzene ring substituents is 1. The van der Waals surface area contributed by atoms with E-state index in [4.69, 9.17) is 24.8 Å². The van der Waals surface area contributed by atoms with Crippen molar-refractivity contribution in [1.82, 2.24) is 34.9 Å². The van der Waals surface area contributed by atoms with E-state index in [-0.39, 0.29) is 29.5 Å². The SMILES string of the molecule is CC(C)(C)n1nc(-c2noc(C3CC3)c2-c2ncc(CCCCOC(=O)Oc3ccc([N+](=O)[O-])cc3)cn2)c2c(N)ncnc21. The van der Waals surface area contributed by atoms with Crippen molar-refractivity contribution in [2.75, 3.05) is 12.3 Å². The number of hydrogen-bond donors (Lipinski definition) is 1. The number of ether oxygens (including phenoxy) is 2. The van der Waals surface area contributed by atoms with Gasteiger partial charge in [-0.3, -0.25) is 10.1 Å². The van der Waals surface area contributed by atoms with Crippen LogP contribution < -0.4 is 10.5 Å². The molecule has 1 aliphatic carbocycles. The summed E-state index contributed by atoms with van der Waals surface area (Å²) in [5.41, 5.74) is 9.07. The molecule has 0 atom stereocenters. The van der Waals surface area contributed by atoms with E-state index in [1.165, 1.54) is 30.6 Å². The number of benzene rings is 1. The second kappa shape index (κ2) is 11.9. The lowest BCUT2D eigenvalue weighted by Gasteiger charge is -2.19. The standard InChI is InChI=1S/C30H31N9O6/c1-30(2,3)38-28-22(26(31)34-16-35-28)23(36-38)24-21(25(45-37-24)18-7-8-18)27-32-14-17(15-33-27)6-4-5-13-43-29(40)44-20-11-9-19(10-12-20)39(41)42/h9-12,14-16,18H,4-8,13H2,1-3H3,(H2,31,34,35). The Morgan fingerprint density at radius 3 is 2.49 bits per heavy atom. The normalized spacial score (nSPS) is 13.2. The minimum atomic E-state index is -0.874. The zero-order chi connectivity index (χ0) is 31.7. The summed E-state index contributed by atoms with van der Waals surface area (Å²) in [6, 6.07) is 5.17. The van der Waals surface area contributed by atoms with Crippen LogP contribution >= 0.6 is 0 Å².